The van der Waals surface area contributed by atoms with E-state index in [1.54, 1.807) is 21.3 Å². The van der Waals surface area contributed by atoms with Crippen LogP contribution in [0.2, 0.25) is 6.04 Å². The lowest BCUT2D eigenvalue weighted by Crippen LogP contribution is -2.42. The molecule has 0 unspecified atom stereocenters. The van der Waals surface area contributed by atoms with Crippen LogP contribution in [0.5, 0.6) is 0 Å². The minimum atomic E-state index is -2.41. The minimum absolute atomic E-state index is 0.460. The fraction of sp³-hybridized carbons (Fsp3) is 0.750. The van der Waals surface area contributed by atoms with Crippen LogP contribution in [-0.4, -0.2) is 30.1 Å². The van der Waals surface area contributed by atoms with E-state index in [1.807, 2.05) is 12.5 Å². The summed E-state index contributed by atoms with van der Waals surface area (Å²) in [6.07, 6.45) is 3.15. The monoisotopic (exact) mass is 202 g/mol. The van der Waals surface area contributed by atoms with Crippen molar-refractivity contribution in [3.05, 3.63) is 6.42 Å². The van der Waals surface area contributed by atoms with Gasteiger partial charge in [-0.15, -0.1) is 0 Å². The Kier molecular flexibility index (Phi) is 6.81. The first-order valence-electron chi connectivity index (χ1n) is 4.08. The number of hydrogen-bond acceptors (Lipinski definition) is 4. The van der Waals surface area contributed by atoms with Crippen molar-refractivity contribution >= 4 is 8.80 Å². The highest BCUT2D eigenvalue weighted by molar-refractivity contribution is 6.60. The molecule has 4 nitrogen and oxygen atoms in total. The highest BCUT2D eigenvalue weighted by Gasteiger charge is 2.36. The van der Waals surface area contributed by atoms with E-state index in [4.69, 9.17) is 18.5 Å². The van der Waals surface area contributed by atoms with Crippen molar-refractivity contribution in [3.8, 4) is 6.07 Å². The van der Waals surface area contributed by atoms with Gasteiger partial charge >= 0.3 is 8.80 Å². The molecule has 13 heavy (non-hydrogen) atoms. The summed E-state index contributed by atoms with van der Waals surface area (Å²) in [6.45, 7) is 0. The van der Waals surface area contributed by atoms with Crippen molar-refractivity contribution in [2.24, 2.45) is 0 Å². The van der Waals surface area contributed by atoms with Crippen LogP contribution in [0.15, 0.2) is 0 Å². The lowest BCUT2D eigenvalue weighted by atomic mass is 10.3. The number of rotatable bonds is 7. The van der Waals surface area contributed by atoms with Crippen molar-refractivity contribution in [2.75, 3.05) is 21.3 Å². The summed E-state index contributed by atoms with van der Waals surface area (Å²) in [5, 5.41) is 8.30. The van der Waals surface area contributed by atoms with E-state index in [2.05, 4.69) is 0 Å². The number of nitriles is 1. The molecule has 0 bridgehead atoms. The van der Waals surface area contributed by atoms with Crippen LogP contribution in [0, 0.1) is 17.8 Å². The van der Waals surface area contributed by atoms with Crippen LogP contribution in [0.1, 0.15) is 12.8 Å². The van der Waals surface area contributed by atoms with Gasteiger partial charge < -0.3 is 13.3 Å². The Bertz CT molecular complexity index is 157. The first-order chi connectivity index (χ1) is 6.24. The summed E-state index contributed by atoms with van der Waals surface area (Å²) in [7, 11) is 2.35. The van der Waals surface area contributed by atoms with E-state index < -0.39 is 8.80 Å². The zero-order valence-corrected chi connectivity index (χ0v) is 9.37. The minimum Gasteiger partial charge on any atom is -0.377 e. The molecule has 1 radical (unpaired) electrons. The Labute approximate surface area is 80.8 Å². The molecule has 0 saturated heterocycles. The average Bonchev–Trinajstić information content (AvgIpc) is 2.20. The van der Waals surface area contributed by atoms with Gasteiger partial charge in [-0.25, -0.2) is 0 Å². The molecule has 0 aromatic heterocycles. The van der Waals surface area contributed by atoms with Gasteiger partial charge in [-0.2, -0.15) is 5.26 Å². The molecule has 0 amide bonds. The van der Waals surface area contributed by atoms with E-state index in [0.29, 0.717) is 6.42 Å². The lowest BCUT2D eigenvalue weighted by Gasteiger charge is -2.23. The smallest absolute Gasteiger partial charge is 0.377 e. The van der Waals surface area contributed by atoms with E-state index in [1.165, 1.54) is 0 Å². The van der Waals surface area contributed by atoms with Gasteiger partial charge in [0.2, 0.25) is 0 Å². The molecular weight excluding hydrogens is 186 g/mol. The van der Waals surface area contributed by atoms with E-state index in [9.17, 15) is 0 Å². The quantitative estimate of drug-likeness (QED) is 0.462. The fourth-order valence-corrected chi connectivity index (χ4v) is 2.67. The Morgan fingerprint density at radius 3 is 2.15 bits per heavy atom. The SMILES string of the molecule is CO[Si](CC[CH]CC#N)(OC)OC. The van der Waals surface area contributed by atoms with Crippen molar-refractivity contribution < 1.29 is 13.3 Å². The Balaban J connectivity index is 3.76. The average molecular weight is 202 g/mol. The number of nitrogens with zero attached hydrogens (tertiary/aromatic N) is 1. The predicted molar refractivity (Wildman–Crippen MR) is 50.7 cm³/mol. The van der Waals surface area contributed by atoms with E-state index in [-0.39, 0.29) is 0 Å². The summed E-state index contributed by atoms with van der Waals surface area (Å²) < 4.78 is 15.6. The van der Waals surface area contributed by atoms with Crippen molar-refractivity contribution in [3.63, 3.8) is 0 Å². The Hall–Kier alpha value is -0.413. The molecule has 0 fully saturated rings. The maximum atomic E-state index is 8.30. The molecule has 0 aliphatic rings. The second-order valence-electron chi connectivity index (χ2n) is 2.48. The largest absolute Gasteiger partial charge is 0.500 e. The lowest BCUT2D eigenvalue weighted by molar-refractivity contribution is 0.123. The molecule has 0 heterocycles. The zero-order chi connectivity index (χ0) is 10.2. The van der Waals surface area contributed by atoms with Gasteiger partial charge in [0.15, 0.2) is 0 Å². The van der Waals surface area contributed by atoms with Gasteiger partial charge in [-0.3, -0.25) is 0 Å². The predicted octanol–water partition coefficient (Wildman–Crippen LogP) is 1.37. The molecule has 75 valence electrons. The Morgan fingerprint density at radius 1 is 1.23 bits per heavy atom. The summed E-state index contributed by atoms with van der Waals surface area (Å²) in [5.41, 5.74) is 0. The molecule has 0 saturated carbocycles. The topological polar surface area (TPSA) is 51.5 Å². The second-order valence-corrected chi connectivity index (χ2v) is 5.58. The first-order valence-corrected chi connectivity index (χ1v) is 6.02. The third-order valence-electron chi connectivity index (χ3n) is 1.82. The molecule has 0 aromatic carbocycles. The van der Waals surface area contributed by atoms with Crippen LogP contribution in [0.3, 0.4) is 0 Å². The molecule has 0 aromatic rings. The maximum absolute atomic E-state index is 8.30. The van der Waals surface area contributed by atoms with Crippen LogP contribution in [0.4, 0.5) is 0 Å². The van der Waals surface area contributed by atoms with Gasteiger partial charge in [0, 0.05) is 33.8 Å². The molecule has 5 heteroatoms. The third kappa shape index (κ3) is 4.38. The van der Waals surface area contributed by atoms with Crippen molar-refractivity contribution in [1.82, 2.24) is 0 Å². The fourth-order valence-electron chi connectivity index (χ4n) is 1.00. The highest BCUT2D eigenvalue weighted by Crippen LogP contribution is 2.16. The molecule has 0 atom stereocenters. The second kappa shape index (κ2) is 7.03. The van der Waals surface area contributed by atoms with Gasteiger partial charge in [-0.05, 0) is 12.8 Å². The third-order valence-corrected chi connectivity index (χ3v) is 4.59. The van der Waals surface area contributed by atoms with Crippen LogP contribution in [0.25, 0.3) is 0 Å². The van der Waals surface area contributed by atoms with Crippen LogP contribution in [-0.2, 0) is 13.3 Å². The van der Waals surface area contributed by atoms with E-state index >= 15 is 0 Å². The van der Waals surface area contributed by atoms with Crippen molar-refractivity contribution in [2.45, 2.75) is 18.9 Å². The standard InChI is InChI=1S/C8H16NO3Si/c1-10-13(11-2,12-3)8-6-4-5-7-9/h4H,5-6,8H2,1-3H3. The molecule has 0 rings (SSSR count). The van der Waals surface area contributed by atoms with Crippen LogP contribution < -0.4 is 0 Å². The maximum Gasteiger partial charge on any atom is 0.500 e. The van der Waals surface area contributed by atoms with Gasteiger partial charge in [0.25, 0.3) is 0 Å². The molecule has 0 aliphatic heterocycles. The number of unbranched alkanes of at least 4 members (excludes halogenated alkanes) is 2. The summed E-state index contributed by atoms with van der Waals surface area (Å²) in [4.78, 5) is 0. The normalized spacial score (nSPS) is 11.2. The van der Waals surface area contributed by atoms with Gasteiger partial charge in [0.1, 0.15) is 0 Å². The van der Waals surface area contributed by atoms with Crippen molar-refractivity contribution in [1.29, 1.82) is 5.26 Å². The summed E-state index contributed by atoms with van der Waals surface area (Å²) in [6, 6.07) is 2.77. The molecule has 0 aliphatic carbocycles. The molecule has 0 spiro atoms. The summed E-state index contributed by atoms with van der Waals surface area (Å²) >= 11 is 0. The number of hydrogen-bond donors (Lipinski definition) is 0. The molecule has 0 N–H and O–H groups in total. The van der Waals surface area contributed by atoms with Gasteiger partial charge in [0.05, 0.1) is 6.07 Å². The summed E-state index contributed by atoms with van der Waals surface area (Å²) in [5.74, 6) is 0. The molecular formula is C8H16NO3Si. The van der Waals surface area contributed by atoms with E-state index in [0.717, 1.165) is 12.5 Å². The Morgan fingerprint density at radius 2 is 1.77 bits per heavy atom. The highest BCUT2D eigenvalue weighted by atomic mass is 28.4. The zero-order valence-electron chi connectivity index (χ0n) is 8.37. The first kappa shape index (κ1) is 12.6. The van der Waals surface area contributed by atoms with Crippen LogP contribution >= 0.6 is 0 Å². The van der Waals surface area contributed by atoms with Gasteiger partial charge in [-0.1, -0.05) is 0 Å².